The van der Waals surface area contributed by atoms with E-state index in [1.165, 1.54) is 11.4 Å². The number of nitrogens with one attached hydrogen (secondary N) is 2. The SMILES string of the molecule is CCc1cnc(C)[nH]1.CCc1cnc(C)[nH]1. The molecule has 0 aliphatic carbocycles. The number of aromatic nitrogens is 4. The zero-order valence-corrected chi connectivity index (χ0v) is 10.5. The maximum Gasteiger partial charge on any atom is 0.103 e. The molecule has 4 heteroatoms. The Kier molecular flexibility index (Phi) is 4.76. The first-order chi connectivity index (χ1) is 7.65. The molecule has 88 valence electrons. The molecule has 4 nitrogen and oxygen atoms in total. The Morgan fingerprint density at radius 3 is 1.38 bits per heavy atom. The maximum absolute atomic E-state index is 4.03. The van der Waals surface area contributed by atoms with Crippen molar-refractivity contribution in [3.8, 4) is 0 Å². The van der Waals surface area contributed by atoms with Gasteiger partial charge in [0.1, 0.15) is 11.6 Å². The van der Waals surface area contributed by atoms with Crippen LogP contribution in [0, 0.1) is 13.8 Å². The van der Waals surface area contributed by atoms with E-state index in [1.807, 2.05) is 26.2 Å². The highest BCUT2D eigenvalue weighted by Crippen LogP contribution is 1.94. The van der Waals surface area contributed by atoms with Crippen LogP contribution in [0.5, 0.6) is 0 Å². The first kappa shape index (κ1) is 12.5. The Morgan fingerprint density at radius 2 is 1.25 bits per heavy atom. The van der Waals surface area contributed by atoms with Crippen LogP contribution < -0.4 is 0 Å². The topological polar surface area (TPSA) is 57.4 Å². The summed E-state index contributed by atoms with van der Waals surface area (Å²) < 4.78 is 0. The van der Waals surface area contributed by atoms with Gasteiger partial charge in [-0.15, -0.1) is 0 Å². The molecular formula is C12H20N4. The molecule has 0 fully saturated rings. The van der Waals surface area contributed by atoms with Crippen LogP contribution in [-0.2, 0) is 12.8 Å². The van der Waals surface area contributed by atoms with Gasteiger partial charge in [-0.1, -0.05) is 13.8 Å². The smallest absolute Gasteiger partial charge is 0.103 e. The Bertz CT molecular complexity index is 374. The molecule has 2 N–H and O–H groups in total. The fourth-order valence-corrected chi connectivity index (χ4v) is 1.30. The Labute approximate surface area is 96.5 Å². The first-order valence-corrected chi connectivity index (χ1v) is 5.66. The summed E-state index contributed by atoms with van der Waals surface area (Å²) in [6, 6.07) is 0. The number of aromatic amines is 2. The summed E-state index contributed by atoms with van der Waals surface area (Å²) in [5, 5.41) is 0. The molecule has 16 heavy (non-hydrogen) atoms. The Morgan fingerprint density at radius 1 is 0.875 bits per heavy atom. The maximum atomic E-state index is 4.03. The number of hydrogen-bond donors (Lipinski definition) is 2. The third-order valence-electron chi connectivity index (χ3n) is 2.27. The molecule has 0 saturated heterocycles. The minimum Gasteiger partial charge on any atom is -0.346 e. The highest BCUT2D eigenvalue weighted by atomic mass is 14.9. The van der Waals surface area contributed by atoms with Crippen LogP contribution in [0.3, 0.4) is 0 Å². The van der Waals surface area contributed by atoms with Crippen LogP contribution in [0.1, 0.15) is 36.9 Å². The predicted octanol–water partition coefficient (Wildman–Crippen LogP) is 2.56. The second-order valence-corrected chi connectivity index (χ2v) is 3.69. The third kappa shape index (κ3) is 3.88. The molecule has 0 atom stereocenters. The predicted molar refractivity (Wildman–Crippen MR) is 65.4 cm³/mol. The lowest BCUT2D eigenvalue weighted by Crippen LogP contribution is -1.76. The highest BCUT2D eigenvalue weighted by molar-refractivity contribution is 4.99. The monoisotopic (exact) mass is 220 g/mol. The van der Waals surface area contributed by atoms with Crippen molar-refractivity contribution in [1.29, 1.82) is 0 Å². The largest absolute Gasteiger partial charge is 0.346 e. The highest BCUT2D eigenvalue weighted by Gasteiger charge is 1.89. The molecule has 0 spiro atoms. The van der Waals surface area contributed by atoms with Gasteiger partial charge in [0, 0.05) is 23.8 Å². The summed E-state index contributed by atoms with van der Waals surface area (Å²) in [7, 11) is 0. The molecule has 2 heterocycles. The normalized spacial score (nSPS) is 9.75. The average Bonchev–Trinajstić information content (AvgIpc) is 2.88. The zero-order valence-electron chi connectivity index (χ0n) is 10.5. The van der Waals surface area contributed by atoms with Crippen LogP contribution in [0.25, 0.3) is 0 Å². The summed E-state index contributed by atoms with van der Waals surface area (Å²) in [6.45, 7) is 8.12. The van der Waals surface area contributed by atoms with Crippen LogP contribution in [0.2, 0.25) is 0 Å². The van der Waals surface area contributed by atoms with Gasteiger partial charge in [-0.05, 0) is 26.7 Å². The van der Waals surface area contributed by atoms with E-state index < -0.39 is 0 Å². The molecule has 0 aromatic carbocycles. The van der Waals surface area contributed by atoms with Crippen LogP contribution in [-0.4, -0.2) is 19.9 Å². The van der Waals surface area contributed by atoms with Crippen molar-refractivity contribution >= 4 is 0 Å². The van der Waals surface area contributed by atoms with E-state index in [9.17, 15) is 0 Å². The quantitative estimate of drug-likeness (QED) is 0.817. The van der Waals surface area contributed by atoms with Crippen molar-refractivity contribution in [3.05, 3.63) is 35.4 Å². The summed E-state index contributed by atoms with van der Waals surface area (Å²) in [5.74, 6) is 2.00. The Balaban J connectivity index is 0.000000160. The second-order valence-electron chi connectivity index (χ2n) is 3.69. The van der Waals surface area contributed by atoms with Crippen LogP contribution in [0.15, 0.2) is 12.4 Å². The van der Waals surface area contributed by atoms with E-state index in [0.717, 1.165) is 24.5 Å². The van der Waals surface area contributed by atoms with Gasteiger partial charge >= 0.3 is 0 Å². The molecule has 0 aliphatic heterocycles. The molecule has 0 saturated carbocycles. The van der Waals surface area contributed by atoms with Crippen molar-refractivity contribution in [2.24, 2.45) is 0 Å². The second kappa shape index (κ2) is 6.10. The Hall–Kier alpha value is -1.58. The molecule has 2 rings (SSSR count). The first-order valence-electron chi connectivity index (χ1n) is 5.66. The molecule has 0 bridgehead atoms. The lowest BCUT2D eigenvalue weighted by Gasteiger charge is -1.82. The number of aryl methyl sites for hydroxylation is 4. The molecule has 0 aliphatic rings. The van der Waals surface area contributed by atoms with Gasteiger partial charge in [0.2, 0.25) is 0 Å². The fourth-order valence-electron chi connectivity index (χ4n) is 1.30. The number of rotatable bonds is 2. The summed E-state index contributed by atoms with van der Waals surface area (Å²) >= 11 is 0. The lowest BCUT2D eigenvalue weighted by atomic mass is 10.4. The van der Waals surface area contributed by atoms with Crippen molar-refractivity contribution in [2.45, 2.75) is 40.5 Å². The van der Waals surface area contributed by atoms with Gasteiger partial charge in [0.25, 0.3) is 0 Å². The van der Waals surface area contributed by atoms with Gasteiger partial charge in [-0.2, -0.15) is 0 Å². The minimum atomic E-state index is 1.00. The van der Waals surface area contributed by atoms with Gasteiger partial charge in [0.15, 0.2) is 0 Å². The average molecular weight is 220 g/mol. The van der Waals surface area contributed by atoms with Crippen molar-refractivity contribution in [2.75, 3.05) is 0 Å². The molecule has 2 aromatic heterocycles. The zero-order chi connectivity index (χ0) is 12.0. The van der Waals surface area contributed by atoms with Gasteiger partial charge in [0.05, 0.1) is 0 Å². The van der Waals surface area contributed by atoms with E-state index in [1.54, 1.807) is 0 Å². The van der Waals surface area contributed by atoms with E-state index >= 15 is 0 Å². The molecule has 2 aromatic rings. The van der Waals surface area contributed by atoms with E-state index in [4.69, 9.17) is 0 Å². The minimum absolute atomic E-state index is 1.00. The molecule has 0 unspecified atom stereocenters. The van der Waals surface area contributed by atoms with E-state index in [-0.39, 0.29) is 0 Å². The fraction of sp³-hybridized carbons (Fsp3) is 0.500. The molecular weight excluding hydrogens is 200 g/mol. The van der Waals surface area contributed by atoms with Gasteiger partial charge < -0.3 is 9.97 Å². The number of hydrogen-bond acceptors (Lipinski definition) is 2. The number of H-pyrrole nitrogens is 2. The molecule has 0 amide bonds. The van der Waals surface area contributed by atoms with Gasteiger partial charge in [-0.3, -0.25) is 0 Å². The van der Waals surface area contributed by atoms with Crippen molar-refractivity contribution < 1.29 is 0 Å². The van der Waals surface area contributed by atoms with Crippen molar-refractivity contribution in [1.82, 2.24) is 19.9 Å². The summed E-state index contributed by atoms with van der Waals surface area (Å²) in [4.78, 5) is 14.3. The van der Waals surface area contributed by atoms with E-state index in [2.05, 4.69) is 33.8 Å². The van der Waals surface area contributed by atoms with Crippen LogP contribution >= 0.6 is 0 Å². The number of nitrogens with zero attached hydrogens (tertiary/aromatic N) is 2. The van der Waals surface area contributed by atoms with E-state index in [0.29, 0.717) is 0 Å². The standard InChI is InChI=1S/2C6H10N2/c2*1-3-6-4-7-5(2)8-6/h2*4H,3H2,1-2H3,(H,7,8). The number of imidazole rings is 2. The van der Waals surface area contributed by atoms with Crippen LogP contribution in [0.4, 0.5) is 0 Å². The lowest BCUT2D eigenvalue weighted by molar-refractivity contribution is 1.04. The molecule has 0 radical (unpaired) electrons. The third-order valence-corrected chi connectivity index (χ3v) is 2.27. The summed E-state index contributed by atoms with van der Waals surface area (Å²) in [5.41, 5.74) is 2.42. The summed E-state index contributed by atoms with van der Waals surface area (Å²) in [6.07, 6.45) is 5.83. The van der Waals surface area contributed by atoms with Crippen molar-refractivity contribution in [3.63, 3.8) is 0 Å². The van der Waals surface area contributed by atoms with Gasteiger partial charge in [-0.25, -0.2) is 9.97 Å².